The van der Waals surface area contributed by atoms with Crippen LogP contribution in [0.1, 0.15) is 27.2 Å². The number of rotatable bonds is 5. The molecule has 3 rings (SSSR count). The van der Waals surface area contributed by atoms with Crippen molar-refractivity contribution < 1.29 is 17.6 Å². The zero-order valence-electron chi connectivity index (χ0n) is 15.6. The fourth-order valence-corrected chi connectivity index (χ4v) is 4.09. The monoisotopic (exact) mass is 433 g/mol. The molecule has 1 heterocycles. The molecular weight excluding hydrogens is 417 g/mol. The Kier molecular flexibility index (Phi) is 5.95. The van der Waals surface area contributed by atoms with E-state index in [1.165, 1.54) is 12.1 Å². The molecule has 0 bridgehead atoms. The van der Waals surface area contributed by atoms with Crippen LogP contribution in [-0.4, -0.2) is 24.3 Å². The predicted molar refractivity (Wildman–Crippen MR) is 108 cm³/mol. The molecule has 0 atom stereocenters. The van der Waals surface area contributed by atoms with Crippen LogP contribution in [0.2, 0.25) is 5.02 Å². The third-order valence-corrected chi connectivity index (χ3v) is 5.95. The van der Waals surface area contributed by atoms with Gasteiger partial charge in [-0.25, -0.2) is 22.8 Å². The highest BCUT2D eigenvalue weighted by atomic mass is 35.5. The van der Waals surface area contributed by atoms with Gasteiger partial charge >= 0.3 is 0 Å². The second-order valence-corrected chi connectivity index (χ2v) is 8.75. The Balaban J connectivity index is 1.91. The lowest BCUT2D eigenvalue weighted by Gasteiger charge is -2.12. The van der Waals surface area contributed by atoms with Crippen molar-refractivity contribution in [1.82, 2.24) is 9.97 Å². The van der Waals surface area contributed by atoms with E-state index in [2.05, 4.69) is 15.3 Å². The number of hydrogen-bond donors (Lipinski definition) is 1. The number of anilines is 1. The van der Waals surface area contributed by atoms with Crippen molar-refractivity contribution in [2.75, 3.05) is 5.32 Å². The van der Waals surface area contributed by atoms with Gasteiger partial charge in [0.1, 0.15) is 5.82 Å². The van der Waals surface area contributed by atoms with Crippen molar-refractivity contribution >= 4 is 33.0 Å². The first-order chi connectivity index (χ1) is 13.7. The maximum atomic E-state index is 13.0. The average Bonchev–Trinajstić information content (AvgIpc) is 2.66. The lowest BCUT2D eigenvalue weighted by Crippen LogP contribution is -2.19. The maximum absolute atomic E-state index is 13.0. The first-order valence-electron chi connectivity index (χ1n) is 8.54. The van der Waals surface area contributed by atoms with E-state index in [0.29, 0.717) is 11.3 Å². The molecule has 0 spiro atoms. The van der Waals surface area contributed by atoms with Gasteiger partial charge < -0.3 is 5.32 Å². The first-order valence-corrected chi connectivity index (χ1v) is 10.6. The standard InChI is InChI=1S/C20H17ClFN3O3S/c1-12-4-3-5-13(2)17(12)24-19(26)18-16(21)10-23-20(25-18)29(27,28)11-14-6-8-15(22)9-7-14/h3-10H,11H2,1-2H3,(H,24,26). The van der Waals surface area contributed by atoms with E-state index in [1.807, 2.05) is 32.0 Å². The Morgan fingerprint density at radius 1 is 1.10 bits per heavy atom. The number of amides is 1. The van der Waals surface area contributed by atoms with Gasteiger partial charge in [-0.1, -0.05) is 41.9 Å². The molecule has 6 nitrogen and oxygen atoms in total. The van der Waals surface area contributed by atoms with E-state index in [1.54, 1.807) is 0 Å². The Morgan fingerprint density at radius 3 is 2.34 bits per heavy atom. The van der Waals surface area contributed by atoms with E-state index in [4.69, 9.17) is 11.6 Å². The first kappa shape index (κ1) is 20.9. The van der Waals surface area contributed by atoms with E-state index in [0.717, 1.165) is 29.5 Å². The second-order valence-electron chi connectivity index (χ2n) is 6.46. The average molecular weight is 434 g/mol. The van der Waals surface area contributed by atoms with Gasteiger partial charge in [-0.2, -0.15) is 0 Å². The van der Waals surface area contributed by atoms with Gasteiger partial charge in [0.25, 0.3) is 5.91 Å². The van der Waals surface area contributed by atoms with E-state index in [9.17, 15) is 17.6 Å². The molecule has 0 aliphatic rings. The number of aromatic nitrogens is 2. The lowest BCUT2D eigenvalue weighted by molar-refractivity contribution is 0.102. The molecule has 0 saturated carbocycles. The summed E-state index contributed by atoms with van der Waals surface area (Å²) in [6, 6.07) is 10.6. The number of aryl methyl sites for hydroxylation is 2. The highest BCUT2D eigenvalue weighted by Gasteiger charge is 2.23. The largest absolute Gasteiger partial charge is 0.320 e. The predicted octanol–water partition coefficient (Wildman–Crippen LogP) is 4.11. The van der Waals surface area contributed by atoms with Gasteiger partial charge in [0.05, 0.1) is 17.0 Å². The number of para-hydroxylation sites is 1. The van der Waals surface area contributed by atoms with Crippen LogP contribution in [0.15, 0.2) is 53.8 Å². The van der Waals surface area contributed by atoms with Gasteiger partial charge in [-0.3, -0.25) is 4.79 Å². The van der Waals surface area contributed by atoms with Crippen molar-refractivity contribution in [3.63, 3.8) is 0 Å². The van der Waals surface area contributed by atoms with E-state index < -0.39 is 32.5 Å². The molecule has 1 N–H and O–H groups in total. The molecule has 2 aromatic carbocycles. The molecule has 3 aromatic rings. The number of carbonyl (C=O) groups excluding carboxylic acids is 1. The summed E-state index contributed by atoms with van der Waals surface area (Å²) in [7, 11) is -3.97. The van der Waals surface area contributed by atoms with Gasteiger partial charge in [0.15, 0.2) is 5.69 Å². The van der Waals surface area contributed by atoms with Crippen LogP contribution >= 0.6 is 11.6 Å². The van der Waals surface area contributed by atoms with Gasteiger partial charge in [-0.15, -0.1) is 0 Å². The van der Waals surface area contributed by atoms with Crippen molar-refractivity contribution in [2.45, 2.75) is 24.8 Å². The Bertz CT molecular complexity index is 1160. The zero-order chi connectivity index (χ0) is 21.2. The fraction of sp³-hybridized carbons (Fsp3) is 0.150. The SMILES string of the molecule is Cc1cccc(C)c1NC(=O)c1nc(S(=O)(=O)Cc2ccc(F)cc2)ncc1Cl. The number of sulfone groups is 1. The minimum absolute atomic E-state index is 0.0746. The third kappa shape index (κ3) is 4.78. The van der Waals surface area contributed by atoms with Crippen molar-refractivity contribution in [3.8, 4) is 0 Å². The summed E-state index contributed by atoms with van der Waals surface area (Å²) in [6.07, 6.45) is 1.08. The Hall–Kier alpha value is -2.84. The number of carbonyl (C=O) groups is 1. The summed E-state index contributed by atoms with van der Waals surface area (Å²) >= 11 is 6.04. The number of nitrogens with one attached hydrogen (secondary N) is 1. The molecule has 0 aliphatic carbocycles. The van der Waals surface area contributed by atoms with Crippen LogP contribution in [0.25, 0.3) is 0 Å². The number of nitrogens with zero attached hydrogens (tertiary/aromatic N) is 2. The number of benzene rings is 2. The number of halogens is 2. The van der Waals surface area contributed by atoms with Gasteiger partial charge in [0, 0.05) is 5.69 Å². The Morgan fingerprint density at radius 2 is 1.72 bits per heavy atom. The minimum atomic E-state index is -3.97. The molecule has 150 valence electrons. The molecule has 29 heavy (non-hydrogen) atoms. The summed E-state index contributed by atoms with van der Waals surface area (Å²) in [5.74, 6) is -1.56. The molecule has 0 fully saturated rings. The molecule has 1 amide bonds. The van der Waals surface area contributed by atoms with Crippen molar-refractivity contribution in [1.29, 1.82) is 0 Å². The minimum Gasteiger partial charge on any atom is -0.320 e. The quantitative estimate of drug-likeness (QED) is 0.611. The van der Waals surface area contributed by atoms with Crippen LogP contribution in [0.3, 0.4) is 0 Å². The molecule has 0 aliphatic heterocycles. The molecule has 1 aromatic heterocycles. The summed E-state index contributed by atoms with van der Waals surface area (Å²) in [5.41, 5.74) is 2.40. The maximum Gasteiger partial charge on any atom is 0.276 e. The summed E-state index contributed by atoms with van der Waals surface area (Å²) in [4.78, 5) is 20.4. The summed E-state index contributed by atoms with van der Waals surface area (Å²) in [5, 5.41) is 2.12. The molecule has 0 unspecified atom stereocenters. The van der Waals surface area contributed by atoms with E-state index in [-0.39, 0.29) is 10.7 Å². The van der Waals surface area contributed by atoms with Gasteiger partial charge in [-0.05, 0) is 42.7 Å². The smallest absolute Gasteiger partial charge is 0.276 e. The molecule has 9 heteroatoms. The van der Waals surface area contributed by atoms with Crippen LogP contribution in [0.4, 0.5) is 10.1 Å². The van der Waals surface area contributed by atoms with Crippen molar-refractivity contribution in [2.24, 2.45) is 0 Å². The molecule has 0 saturated heterocycles. The van der Waals surface area contributed by atoms with Gasteiger partial charge in [0.2, 0.25) is 15.0 Å². The third-order valence-electron chi connectivity index (χ3n) is 4.20. The summed E-state index contributed by atoms with van der Waals surface area (Å²) < 4.78 is 38.3. The second kappa shape index (κ2) is 8.26. The Labute approximate surface area is 172 Å². The molecule has 0 radical (unpaired) electrons. The van der Waals surface area contributed by atoms with Crippen LogP contribution in [-0.2, 0) is 15.6 Å². The highest BCUT2D eigenvalue weighted by molar-refractivity contribution is 7.90. The van der Waals surface area contributed by atoms with E-state index >= 15 is 0 Å². The van der Waals surface area contributed by atoms with Crippen LogP contribution in [0, 0.1) is 19.7 Å². The number of hydrogen-bond acceptors (Lipinski definition) is 5. The lowest BCUT2D eigenvalue weighted by atomic mass is 10.1. The van der Waals surface area contributed by atoms with Crippen molar-refractivity contribution in [3.05, 3.63) is 81.9 Å². The zero-order valence-corrected chi connectivity index (χ0v) is 17.2. The summed E-state index contributed by atoms with van der Waals surface area (Å²) in [6.45, 7) is 3.67. The molecular formula is C20H17ClFN3O3S. The van der Waals surface area contributed by atoms with Crippen LogP contribution in [0.5, 0.6) is 0 Å². The highest BCUT2D eigenvalue weighted by Crippen LogP contribution is 2.23. The normalized spacial score (nSPS) is 11.3. The topological polar surface area (TPSA) is 89.0 Å². The fourth-order valence-electron chi connectivity index (χ4n) is 2.71. The van der Waals surface area contributed by atoms with Crippen LogP contribution < -0.4 is 5.32 Å².